The van der Waals surface area contributed by atoms with Crippen LogP contribution in [-0.2, 0) is 17.1 Å². The summed E-state index contributed by atoms with van der Waals surface area (Å²) in [6, 6.07) is 5.29. The van der Waals surface area contributed by atoms with Crippen LogP contribution in [0.2, 0.25) is 0 Å². The molecule has 20 heavy (non-hydrogen) atoms. The summed E-state index contributed by atoms with van der Waals surface area (Å²) in [6.45, 7) is 1.85. The van der Waals surface area contributed by atoms with Crippen LogP contribution in [0.5, 0.6) is 0 Å². The molecular weight excluding hydrogens is 298 g/mol. The smallest absolute Gasteiger partial charge is 0.327 e. The molecule has 0 aliphatic carbocycles. The molecule has 0 atom stereocenters. The summed E-state index contributed by atoms with van der Waals surface area (Å²) in [5.74, 6) is 0. The highest BCUT2D eigenvalue weighted by atomic mass is 32.2. The van der Waals surface area contributed by atoms with Gasteiger partial charge in [-0.2, -0.15) is 4.99 Å². The van der Waals surface area contributed by atoms with Gasteiger partial charge in [-0.3, -0.25) is 0 Å². The lowest BCUT2D eigenvalue weighted by molar-refractivity contribution is 0.253. The van der Waals surface area contributed by atoms with Gasteiger partial charge in [-0.25, -0.2) is 17.9 Å². The molecule has 106 valence electrons. The van der Waals surface area contributed by atoms with Gasteiger partial charge in [0.15, 0.2) is 4.80 Å². The van der Waals surface area contributed by atoms with Crippen LogP contribution < -0.4 is 9.52 Å². The van der Waals surface area contributed by atoms with Crippen molar-refractivity contribution >= 4 is 27.4 Å². The van der Waals surface area contributed by atoms with Gasteiger partial charge in [-0.1, -0.05) is 17.7 Å². The van der Waals surface area contributed by atoms with Gasteiger partial charge in [0.1, 0.15) is 0 Å². The molecular formula is C12H13N3O3S2. The number of carbonyl (C=O) groups is 1. The molecule has 2 aromatic rings. The number of hydrogen-bond acceptors (Lipinski definition) is 4. The van der Waals surface area contributed by atoms with E-state index in [-0.39, 0.29) is 4.90 Å². The fourth-order valence-electron chi connectivity index (χ4n) is 1.44. The summed E-state index contributed by atoms with van der Waals surface area (Å²) in [7, 11) is -2.17. The number of nitrogens with zero attached hydrogens (tertiary/aromatic N) is 2. The predicted molar refractivity (Wildman–Crippen MR) is 75.7 cm³/mol. The van der Waals surface area contributed by atoms with Crippen molar-refractivity contribution in [3.05, 3.63) is 46.2 Å². The van der Waals surface area contributed by atoms with Crippen LogP contribution in [0.4, 0.5) is 4.79 Å². The standard InChI is InChI=1S/C12H13N3O3S2/c1-9-3-5-10(6-4-9)20(17,18)14-11(16)13-12-15(2)7-8-19-12/h3-8H,1-2H3,(H,14,16)/b13-12-. The molecule has 0 aliphatic heterocycles. The molecule has 0 radical (unpaired) electrons. The third-order valence-electron chi connectivity index (χ3n) is 2.51. The first-order valence-electron chi connectivity index (χ1n) is 5.67. The Kier molecular flexibility index (Phi) is 4.05. The molecule has 1 heterocycles. The minimum atomic E-state index is -3.89. The average Bonchev–Trinajstić information content (AvgIpc) is 2.74. The van der Waals surface area contributed by atoms with E-state index in [0.29, 0.717) is 4.80 Å². The molecule has 1 aromatic carbocycles. The molecule has 0 fully saturated rings. The average molecular weight is 311 g/mol. The molecule has 8 heteroatoms. The molecule has 6 nitrogen and oxygen atoms in total. The van der Waals surface area contributed by atoms with Gasteiger partial charge in [0, 0.05) is 18.6 Å². The van der Waals surface area contributed by atoms with Crippen LogP contribution in [0.15, 0.2) is 45.7 Å². The van der Waals surface area contributed by atoms with E-state index in [1.54, 1.807) is 35.3 Å². The minimum Gasteiger partial charge on any atom is -0.327 e. The van der Waals surface area contributed by atoms with E-state index in [1.165, 1.54) is 23.5 Å². The number of sulfonamides is 1. The second-order valence-electron chi connectivity index (χ2n) is 4.13. The van der Waals surface area contributed by atoms with E-state index in [4.69, 9.17) is 0 Å². The molecule has 1 aromatic heterocycles. The van der Waals surface area contributed by atoms with E-state index >= 15 is 0 Å². The topological polar surface area (TPSA) is 80.5 Å². The first kappa shape index (κ1) is 14.5. The first-order chi connectivity index (χ1) is 9.38. The first-order valence-corrected chi connectivity index (χ1v) is 8.03. The number of rotatable bonds is 2. The molecule has 2 rings (SSSR count). The SMILES string of the molecule is Cc1ccc(S(=O)(=O)NC(=O)/N=c2\sccn2C)cc1. The van der Waals surface area contributed by atoms with Crippen LogP contribution in [0.1, 0.15) is 5.56 Å². The second kappa shape index (κ2) is 5.59. The van der Waals surface area contributed by atoms with E-state index < -0.39 is 16.1 Å². The van der Waals surface area contributed by atoms with Crippen LogP contribution >= 0.6 is 11.3 Å². The number of hydrogen-bond donors (Lipinski definition) is 1. The van der Waals surface area contributed by atoms with Gasteiger partial charge in [0.2, 0.25) is 0 Å². The van der Waals surface area contributed by atoms with Crippen molar-refractivity contribution in [1.82, 2.24) is 9.29 Å². The second-order valence-corrected chi connectivity index (χ2v) is 6.69. The lowest BCUT2D eigenvalue weighted by Gasteiger charge is -2.04. The fraction of sp³-hybridized carbons (Fsp3) is 0.167. The number of carbonyl (C=O) groups excluding carboxylic acids is 1. The Morgan fingerprint density at radius 1 is 1.30 bits per heavy atom. The zero-order valence-electron chi connectivity index (χ0n) is 10.9. The van der Waals surface area contributed by atoms with Crippen molar-refractivity contribution in [1.29, 1.82) is 0 Å². The summed E-state index contributed by atoms with van der Waals surface area (Å²) in [5.41, 5.74) is 0.936. The molecule has 2 amide bonds. The zero-order valence-corrected chi connectivity index (χ0v) is 12.5. The minimum absolute atomic E-state index is 0.0298. The van der Waals surface area contributed by atoms with Gasteiger partial charge < -0.3 is 4.57 Å². The van der Waals surface area contributed by atoms with Crippen molar-refractivity contribution in [2.45, 2.75) is 11.8 Å². The molecule has 0 spiro atoms. The highest BCUT2D eigenvalue weighted by Crippen LogP contribution is 2.09. The largest absolute Gasteiger partial charge is 0.357 e. The van der Waals surface area contributed by atoms with Crippen molar-refractivity contribution < 1.29 is 13.2 Å². The lowest BCUT2D eigenvalue weighted by Crippen LogP contribution is -2.30. The van der Waals surface area contributed by atoms with Gasteiger partial charge in [0.25, 0.3) is 10.0 Å². The number of benzene rings is 1. The van der Waals surface area contributed by atoms with Gasteiger partial charge in [0.05, 0.1) is 4.90 Å². The van der Waals surface area contributed by atoms with Gasteiger partial charge in [-0.05, 0) is 19.1 Å². The number of amides is 2. The Bertz CT molecular complexity index is 786. The molecule has 1 N–H and O–H groups in total. The summed E-state index contributed by atoms with van der Waals surface area (Å²) < 4.78 is 27.5. The van der Waals surface area contributed by atoms with Gasteiger partial charge in [-0.15, -0.1) is 11.3 Å². The van der Waals surface area contributed by atoms with Crippen molar-refractivity contribution in [3.63, 3.8) is 0 Å². The molecule has 0 unspecified atom stereocenters. The fourth-order valence-corrected chi connectivity index (χ4v) is 3.05. The number of urea groups is 1. The Morgan fingerprint density at radius 2 is 1.95 bits per heavy atom. The van der Waals surface area contributed by atoms with Crippen molar-refractivity contribution in [2.75, 3.05) is 0 Å². The third-order valence-corrected chi connectivity index (χ3v) is 4.69. The number of aryl methyl sites for hydroxylation is 2. The maximum Gasteiger partial charge on any atom is 0.357 e. The van der Waals surface area contributed by atoms with E-state index in [9.17, 15) is 13.2 Å². The lowest BCUT2D eigenvalue weighted by atomic mass is 10.2. The van der Waals surface area contributed by atoms with Crippen LogP contribution in [0.3, 0.4) is 0 Å². The molecule has 0 bridgehead atoms. The number of nitrogens with one attached hydrogen (secondary N) is 1. The summed E-state index contributed by atoms with van der Waals surface area (Å²) >= 11 is 1.24. The Balaban J connectivity index is 2.23. The van der Waals surface area contributed by atoms with Crippen molar-refractivity contribution in [3.8, 4) is 0 Å². The molecule has 0 aliphatic rings. The Morgan fingerprint density at radius 3 is 2.50 bits per heavy atom. The van der Waals surface area contributed by atoms with E-state index in [0.717, 1.165) is 5.56 Å². The Labute approximate surface area is 120 Å². The Hall–Kier alpha value is -1.93. The number of aromatic nitrogens is 1. The maximum atomic E-state index is 12.0. The van der Waals surface area contributed by atoms with Crippen LogP contribution in [0, 0.1) is 6.92 Å². The van der Waals surface area contributed by atoms with E-state index in [1.807, 2.05) is 11.6 Å². The molecule has 0 saturated heterocycles. The monoisotopic (exact) mass is 311 g/mol. The van der Waals surface area contributed by atoms with Crippen LogP contribution in [0.25, 0.3) is 0 Å². The summed E-state index contributed by atoms with van der Waals surface area (Å²) in [6.07, 6.45) is 1.73. The van der Waals surface area contributed by atoms with Crippen LogP contribution in [-0.4, -0.2) is 19.0 Å². The summed E-state index contributed by atoms with van der Waals surface area (Å²) in [4.78, 5) is 15.8. The maximum absolute atomic E-state index is 12.0. The number of thiazole rings is 1. The van der Waals surface area contributed by atoms with E-state index in [2.05, 4.69) is 4.99 Å². The zero-order chi connectivity index (χ0) is 14.8. The summed E-state index contributed by atoms with van der Waals surface area (Å²) in [5, 5.41) is 1.75. The molecule has 0 saturated carbocycles. The predicted octanol–water partition coefficient (Wildman–Crippen LogP) is 1.39. The quantitative estimate of drug-likeness (QED) is 0.910. The highest BCUT2D eigenvalue weighted by molar-refractivity contribution is 7.90. The third kappa shape index (κ3) is 3.34. The van der Waals surface area contributed by atoms with Crippen molar-refractivity contribution in [2.24, 2.45) is 12.0 Å². The van der Waals surface area contributed by atoms with Gasteiger partial charge >= 0.3 is 6.03 Å². The normalized spacial score (nSPS) is 12.4. The highest BCUT2D eigenvalue weighted by Gasteiger charge is 2.16.